The lowest BCUT2D eigenvalue weighted by Crippen LogP contribution is -2.42. The summed E-state index contributed by atoms with van der Waals surface area (Å²) in [7, 11) is 1.41. The number of carbonyl (C=O) groups is 2. The molecule has 1 heterocycles. The summed E-state index contributed by atoms with van der Waals surface area (Å²) < 4.78 is 4.78. The fourth-order valence-corrected chi connectivity index (χ4v) is 2.93. The van der Waals surface area contributed by atoms with Crippen molar-refractivity contribution >= 4 is 11.9 Å². The third-order valence-electron chi connectivity index (χ3n) is 4.07. The molecule has 0 radical (unpaired) electrons. The van der Waals surface area contributed by atoms with Crippen molar-refractivity contribution in [3.8, 4) is 0 Å². The zero-order valence-corrected chi connectivity index (χ0v) is 11.7. The highest BCUT2D eigenvalue weighted by Crippen LogP contribution is 2.23. The van der Waals surface area contributed by atoms with Gasteiger partial charge in [-0.1, -0.05) is 11.6 Å². The first-order valence-corrected chi connectivity index (χ1v) is 7.24. The number of nitrogens with zero attached hydrogens (tertiary/aromatic N) is 1. The van der Waals surface area contributed by atoms with Crippen LogP contribution in [0.3, 0.4) is 0 Å². The lowest BCUT2D eigenvalue weighted by molar-refractivity contribution is -0.148. The third kappa shape index (κ3) is 3.82. The Kier molecular flexibility index (Phi) is 5.00. The molecule has 1 fully saturated rings. The maximum atomic E-state index is 12.3. The highest BCUT2D eigenvalue weighted by molar-refractivity contribution is 5.80. The average molecular weight is 265 g/mol. The summed E-state index contributed by atoms with van der Waals surface area (Å²) in [6.07, 6.45) is 9.07. The van der Waals surface area contributed by atoms with Crippen molar-refractivity contribution in [3.05, 3.63) is 11.6 Å². The van der Waals surface area contributed by atoms with Crippen LogP contribution in [0.4, 0.5) is 0 Å². The van der Waals surface area contributed by atoms with E-state index < -0.39 is 0 Å². The van der Waals surface area contributed by atoms with Gasteiger partial charge in [0.05, 0.1) is 13.0 Å². The zero-order valence-electron chi connectivity index (χ0n) is 11.7. The van der Waals surface area contributed by atoms with E-state index in [0.29, 0.717) is 13.0 Å². The number of ether oxygens (including phenoxy) is 1. The van der Waals surface area contributed by atoms with Crippen LogP contribution in [0, 0.1) is 5.92 Å². The maximum Gasteiger partial charge on any atom is 0.310 e. The minimum absolute atomic E-state index is 0.136. The Balaban J connectivity index is 1.88. The fourth-order valence-electron chi connectivity index (χ4n) is 2.93. The largest absolute Gasteiger partial charge is 0.469 e. The van der Waals surface area contributed by atoms with Gasteiger partial charge in [0.1, 0.15) is 0 Å². The first-order chi connectivity index (χ1) is 9.20. The molecule has 1 aliphatic carbocycles. The molecular weight excluding hydrogens is 242 g/mol. The van der Waals surface area contributed by atoms with Crippen LogP contribution in [0.5, 0.6) is 0 Å². The Morgan fingerprint density at radius 3 is 2.89 bits per heavy atom. The Bertz CT molecular complexity index is 376. The van der Waals surface area contributed by atoms with Crippen LogP contribution < -0.4 is 0 Å². The molecule has 2 aliphatic rings. The monoisotopic (exact) mass is 265 g/mol. The highest BCUT2D eigenvalue weighted by atomic mass is 16.5. The average Bonchev–Trinajstić information content (AvgIpc) is 2.47. The normalized spacial score (nSPS) is 23.7. The molecule has 1 saturated heterocycles. The molecule has 1 aliphatic heterocycles. The van der Waals surface area contributed by atoms with E-state index in [1.807, 2.05) is 4.90 Å². The summed E-state index contributed by atoms with van der Waals surface area (Å²) >= 11 is 0. The molecule has 4 nitrogen and oxygen atoms in total. The minimum atomic E-state index is -0.186. The second-order valence-electron chi connectivity index (χ2n) is 5.49. The van der Waals surface area contributed by atoms with Crippen LogP contribution in [0.15, 0.2) is 11.6 Å². The highest BCUT2D eigenvalue weighted by Gasteiger charge is 2.29. The van der Waals surface area contributed by atoms with Gasteiger partial charge in [-0.15, -0.1) is 0 Å². The third-order valence-corrected chi connectivity index (χ3v) is 4.07. The van der Waals surface area contributed by atoms with Gasteiger partial charge in [-0.25, -0.2) is 0 Å². The maximum absolute atomic E-state index is 12.3. The Morgan fingerprint density at radius 1 is 1.37 bits per heavy atom. The molecule has 19 heavy (non-hydrogen) atoms. The zero-order chi connectivity index (χ0) is 13.7. The lowest BCUT2D eigenvalue weighted by atomic mass is 9.95. The Morgan fingerprint density at radius 2 is 2.21 bits per heavy atom. The van der Waals surface area contributed by atoms with E-state index in [0.717, 1.165) is 32.2 Å². The van der Waals surface area contributed by atoms with Crippen molar-refractivity contribution in [1.29, 1.82) is 0 Å². The van der Waals surface area contributed by atoms with Crippen molar-refractivity contribution in [2.45, 2.75) is 44.9 Å². The number of likely N-dealkylation sites (tertiary alicyclic amines) is 1. The van der Waals surface area contributed by atoms with E-state index >= 15 is 0 Å². The summed E-state index contributed by atoms with van der Waals surface area (Å²) in [6, 6.07) is 0. The van der Waals surface area contributed by atoms with Crippen molar-refractivity contribution in [3.63, 3.8) is 0 Å². The standard InChI is InChI=1S/C15H23NO3/c1-19-15(18)13-8-5-9-16(11-13)14(17)10-12-6-3-2-4-7-12/h6,13H,2-5,7-11H2,1H3. The van der Waals surface area contributed by atoms with Gasteiger partial charge < -0.3 is 9.64 Å². The van der Waals surface area contributed by atoms with E-state index in [-0.39, 0.29) is 17.8 Å². The second-order valence-corrected chi connectivity index (χ2v) is 5.49. The number of esters is 1. The molecule has 106 valence electrons. The quantitative estimate of drug-likeness (QED) is 0.581. The molecule has 0 spiro atoms. The molecular formula is C15H23NO3. The van der Waals surface area contributed by atoms with Crippen molar-refractivity contribution < 1.29 is 14.3 Å². The van der Waals surface area contributed by atoms with Gasteiger partial charge in [-0.05, 0) is 38.5 Å². The van der Waals surface area contributed by atoms with Gasteiger partial charge in [-0.3, -0.25) is 9.59 Å². The number of rotatable bonds is 3. The van der Waals surface area contributed by atoms with Crippen LogP contribution >= 0.6 is 0 Å². The first-order valence-electron chi connectivity index (χ1n) is 7.24. The molecule has 0 N–H and O–H groups in total. The summed E-state index contributed by atoms with van der Waals surface area (Å²) in [4.78, 5) is 25.6. The van der Waals surface area contributed by atoms with Gasteiger partial charge in [-0.2, -0.15) is 0 Å². The Labute approximate surface area is 114 Å². The number of methoxy groups -OCH3 is 1. The van der Waals surface area contributed by atoms with Crippen molar-refractivity contribution in [2.75, 3.05) is 20.2 Å². The smallest absolute Gasteiger partial charge is 0.310 e. The minimum Gasteiger partial charge on any atom is -0.469 e. The van der Waals surface area contributed by atoms with E-state index in [1.165, 1.54) is 25.5 Å². The van der Waals surface area contributed by atoms with E-state index in [4.69, 9.17) is 4.74 Å². The van der Waals surface area contributed by atoms with Crippen LogP contribution in [0.25, 0.3) is 0 Å². The fraction of sp³-hybridized carbons (Fsp3) is 0.733. The van der Waals surface area contributed by atoms with Crippen LogP contribution in [-0.2, 0) is 14.3 Å². The number of hydrogen-bond acceptors (Lipinski definition) is 3. The number of amides is 1. The van der Waals surface area contributed by atoms with E-state index in [9.17, 15) is 9.59 Å². The topological polar surface area (TPSA) is 46.6 Å². The molecule has 0 bridgehead atoms. The molecule has 2 rings (SSSR count). The Hall–Kier alpha value is -1.32. The number of piperidine rings is 1. The summed E-state index contributed by atoms with van der Waals surface area (Å²) in [6.45, 7) is 1.30. The van der Waals surface area contributed by atoms with Gasteiger partial charge >= 0.3 is 5.97 Å². The van der Waals surface area contributed by atoms with Crippen molar-refractivity contribution in [2.24, 2.45) is 5.92 Å². The molecule has 1 atom stereocenters. The summed E-state index contributed by atoms with van der Waals surface area (Å²) in [5.41, 5.74) is 1.27. The van der Waals surface area contributed by atoms with Crippen molar-refractivity contribution in [1.82, 2.24) is 4.90 Å². The number of carbonyl (C=O) groups excluding carboxylic acids is 2. The van der Waals surface area contributed by atoms with E-state index in [1.54, 1.807) is 0 Å². The number of allylic oxidation sites excluding steroid dienone is 1. The predicted octanol–water partition coefficient (Wildman–Crippen LogP) is 2.29. The van der Waals surface area contributed by atoms with Gasteiger partial charge in [0.2, 0.25) is 5.91 Å². The summed E-state index contributed by atoms with van der Waals surface area (Å²) in [5.74, 6) is -0.154. The molecule has 0 aromatic carbocycles. The molecule has 1 unspecified atom stereocenters. The predicted molar refractivity (Wildman–Crippen MR) is 72.5 cm³/mol. The molecule has 4 heteroatoms. The van der Waals surface area contributed by atoms with Gasteiger partial charge in [0.25, 0.3) is 0 Å². The molecule has 1 amide bonds. The second kappa shape index (κ2) is 6.73. The van der Waals surface area contributed by atoms with Crippen LogP contribution in [0.1, 0.15) is 44.9 Å². The lowest BCUT2D eigenvalue weighted by Gasteiger charge is -2.31. The van der Waals surface area contributed by atoms with E-state index in [2.05, 4.69) is 6.08 Å². The van der Waals surface area contributed by atoms with Crippen LogP contribution in [0.2, 0.25) is 0 Å². The van der Waals surface area contributed by atoms with Gasteiger partial charge in [0.15, 0.2) is 0 Å². The SMILES string of the molecule is COC(=O)C1CCCN(C(=O)CC2=CCCCC2)C1. The van der Waals surface area contributed by atoms with Gasteiger partial charge in [0, 0.05) is 19.5 Å². The molecule has 0 aromatic rings. The number of hydrogen-bond donors (Lipinski definition) is 0. The summed E-state index contributed by atoms with van der Waals surface area (Å²) in [5, 5.41) is 0. The molecule has 0 aromatic heterocycles. The molecule has 0 saturated carbocycles. The first kappa shape index (κ1) is 14.1. The van der Waals surface area contributed by atoms with Crippen LogP contribution in [-0.4, -0.2) is 37.0 Å².